The Balaban J connectivity index is 1.94. The van der Waals surface area contributed by atoms with Gasteiger partial charge in [-0.05, 0) is 35.9 Å². The molecule has 120 valence electrons. The number of benzene rings is 2. The van der Waals surface area contributed by atoms with Crippen molar-refractivity contribution in [2.45, 2.75) is 6.42 Å². The quantitative estimate of drug-likeness (QED) is 0.549. The maximum atomic E-state index is 7.91. The second-order valence-corrected chi connectivity index (χ2v) is 5.79. The number of pyridine rings is 1. The predicted molar refractivity (Wildman–Crippen MR) is 99.0 cm³/mol. The molecule has 4 nitrogen and oxygen atoms in total. The van der Waals surface area contributed by atoms with Gasteiger partial charge < -0.3 is 5.73 Å². The van der Waals surface area contributed by atoms with Crippen LogP contribution in [-0.4, -0.2) is 10.9 Å². The molecule has 24 heavy (non-hydrogen) atoms. The minimum Gasteiger partial charge on any atom is -0.369 e. The largest absolute Gasteiger partial charge is 0.369 e. The van der Waals surface area contributed by atoms with Crippen LogP contribution in [0.15, 0.2) is 72.8 Å². The Morgan fingerprint density at radius 1 is 1.00 bits per heavy atom. The van der Waals surface area contributed by atoms with Crippen LogP contribution in [0.2, 0.25) is 5.02 Å². The fourth-order valence-corrected chi connectivity index (χ4v) is 2.69. The fraction of sp³-hybridized carbons (Fsp3) is 0.0526. The van der Waals surface area contributed by atoms with E-state index in [0.717, 1.165) is 12.1 Å². The number of halogens is 1. The summed E-state index contributed by atoms with van der Waals surface area (Å²) in [6.07, 6.45) is 0.718. The van der Waals surface area contributed by atoms with Crippen molar-refractivity contribution in [1.29, 1.82) is 5.41 Å². The molecule has 0 unspecified atom stereocenters. The van der Waals surface area contributed by atoms with E-state index in [0.29, 0.717) is 16.5 Å². The smallest absolute Gasteiger partial charge is 0.198 e. The molecule has 3 N–H and O–H groups in total. The van der Waals surface area contributed by atoms with E-state index in [-0.39, 0.29) is 5.96 Å². The van der Waals surface area contributed by atoms with Crippen LogP contribution in [-0.2, 0) is 6.42 Å². The van der Waals surface area contributed by atoms with Gasteiger partial charge in [-0.3, -0.25) is 10.3 Å². The topological polar surface area (TPSA) is 66.0 Å². The van der Waals surface area contributed by atoms with Gasteiger partial charge in [0.25, 0.3) is 0 Å². The van der Waals surface area contributed by atoms with Gasteiger partial charge >= 0.3 is 0 Å². The predicted octanol–water partition coefficient (Wildman–Crippen LogP) is 4.36. The zero-order valence-electron chi connectivity index (χ0n) is 13.0. The highest BCUT2D eigenvalue weighted by Gasteiger charge is 2.14. The summed E-state index contributed by atoms with van der Waals surface area (Å²) < 4.78 is 0. The number of hydrogen-bond acceptors (Lipinski definition) is 2. The van der Waals surface area contributed by atoms with Crippen LogP contribution < -0.4 is 10.6 Å². The van der Waals surface area contributed by atoms with Crippen molar-refractivity contribution in [3.63, 3.8) is 0 Å². The number of nitrogens with one attached hydrogen (secondary N) is 1. The monoisotopic (exact) mass is 336 g/mol. The summed E-state index contributed by atoms with van der Waals surface area (Å²) >= 11 is 6.06. The SMILES string of the molecule is N=C(N)N(c1cccc(Cl)c1)c1cccc(Cc2ccccc2)n1. The maximum absolute atomic E-state index is 7.91. The van der Waals surface area contributed by atoms with Crippen LogP contribution in [0.25, 0.3) is 0 Å². The van der Waals surface area contributed by atoms with E-state index in [9.17, 15) is 0 Å². The van der Waals surface area contributed by atoms with Gasteiger partial charge in [0.15, 0.2) is 5.96 Å². The molecular formula is C19H17ClN4. The van der Waals surface area contributed by atoms with E-state index in [1.807, 2.05) is 48.5 Å². The average molecular weight is 337 g/mol. The Morgan fingerprint density at radius 2 is 1.75 bits per heavy atom. The summed E-state index contributed by atoms with van der Waals surface area (Å²) in [5, 5.41) is 8.49. The number of rotatable bonds is 4. The van der Waals surface area contributed by atoms with Crippen LogP contribution >= 0.6 is 11.6 Å². The van der Waals surface area contributed by atoms with Gasteiger partial charge in [-0.15, -0.1) is 0 Å². The minimum absolute atomic E-state index is 0.110. The van der Waals surface area contributed by atoms with Crippen LogP contribution in [0.1, 0.15) is 11.3 Å². The van der Waals surface area contributed by atoms with Gasteiger partial charge in [-0.1, -0.05) is 54.1 Å². The summed E-state index contributed by atoms with van der Waals surface area (Å²) in [5.74, 6) is 0.486. The first kappa shape index (κ1) is 16.0. The van der Waals surface area contributed by atoms with Gasteiger partial charge in [0.05, 0.1) is 5.69 Å². The summed E-state index contributed by atoms with van der Waals surface area (Å²) in [5.41, 5.74) is 8.58. The van der Waals surface area contributed by atoms with Crippen LogP contribution in [0.5, 0.6) is 0 Å². The molecule has 0 fully saturated rings. The van der Waals surface area contributed by atoms with E-state index in [4.69, 9.17) is 22.7 Å². The normalized spacial score (nSPS) is 10.4. The highest BCUT2D eigenvalue weighted by Crippen LogP contribution is 2.26. The standard InChI is InChI=1S/C19H17ClN4/c20-15-8-4-10-17(13-15)24(19(21)22)18-11-5-9-16(23-18)12-14-6-2-1-3-7-14/h1-11,13H,12H2,(H3,21,22). The van der Waals surface area contributed by atoms with Crippen LogP contribution in [0.3, 0.4) is 0 Å². The molecule has 0 radical (unpaired) electrons. The molecule has 5 heteroatoms. The van der Waals surface area contributed by atoms with Crippen molar-refractivity contribution in [1.82, 2.24) is 4.98 Å². The lowest BCUT2D eigenvalue weighted by atomic mass is 10.1. The summed E-state index contributed by atoms with van der Waals surface area (Å²) in [6, 6.07) is 23.0. The molecule has 0 aliphatic heterocycles. The van der Waals surface area contributed by atoms with Crippen molar-refractivity contribution in [2.24, 2.45) is 5.73 Å². The Morgan fingerprint density at radius 3 is 2.46 bits per heavy atom. The number of guanidine groups is 1. The average Bonchev–Trinajstić information content (AvgIpc) is 2.56. The highest BCUT2D eigenvalue weighted by atomic mass is 35.5. The van der Waals surface area contributed by atoms with E-state index >= 15 is 0 Å². The molecule has 0 saturated heterocycles. The van der Waals surface area contributed by atoms with Crippen molar-refractivity contribution in [3.8, 4) is 0 Å². The zero-order chi connectivity index (χ0) is 16.9. The van der Waals surface area contributed by atoms with Crippen molar-refractivity contribution < 1.29 is 0 Å². The lowest BCUT2D eigenvalue weighted by Crippen LogP contribution is -2.33. The number of anilines is 2. The molecule has 1 heterocycles. The second kappa shape index (κ2) is 7.15. The van der Waals surface area contributed by atoms with Gasteiger partial charge in [0.1, 0.15) is 5.82 Å². The van der Waals surface area contributed by atoms with Gasteiger partial charge in [0, 0.05) is 17.1 Å². The third-order valence-corrected chi connectivity index (χ3v) is 3.79. The van der Waals surface area contributed by atoms with Crippen molar-refractivity contribution >= 4 is 29.1 Å². The lowest BCUT2D eigenvalue weighted by molar-refractivity contribution is 1.05. The maximum Gasteiger partial charge on any atom is 0.198 e. The fourth-order valence-electron chi connectivity index (χ4n) is 2.50. The second-order valence-electron chi connectivity index (χ2n) is 5.35. The first-order chi connectivity index (χ1) is 11.6. The summed E-state index contributed by atoms with van der Waals surface area (Å²) in [6.45, 7) is 0. The molecular weight excluding hydrogens is 320 g/mol. The number of nitrogens with zero attached hydrogens (tertiary/aromatic N) is 2. The molecule has 0 bridgehead atoms. The van der Waals surface area contributed by atoms with E-state index in [2.05, 4.69) is 17.1 Å². The Bertz CT molecular complexity index is 849. The lowest BCUT2D eigenvalue weighted by Gasteiger charge is -2.22. The molecule has 0 aliphatic rings. The Hall–Kier alpha value is -2.85. The summed E-state index contributed by atoms with van der Waals surface area (Å²) in [7, 11) is 0. The molecule has 0 aliphatic carbocycles. The van der Waals surface area contributed by atoms with Crippen LogP contribution in [0.4, 0.5) is 11.5 Å². The van der Waals surface area contributed by atoms with Crippen molar-refractivity contribution in [3.05, 3.63) is 89.1 Å². The van der Waals surface area contributed by atoms with E-state index < -0.39 is 0 Å². The van der Waals surface area contributed by atoms with E-state index in [1.165, 1.54) is 5.56 Å². The molecule has 0 amide bonds. The molecule has 3 rings (SSSR count). The molecule has 3 aromatic rings. The van der Waals surface area contributed by atoms with Gasteiger partial charge in [-0.25, -0.2) is 4.98 Å². The minimum atomic E-state index is -0.110. The number of nitrogens with two attached hydrogens (primary N) is 1. The van der Waals surface area contributed by atoms with Crippen LogP contribution in [0, 0.1) is 5.41 Å². The third-order valence-electron chi connectivity index (χ3n) is 3.56. The Labute approximate surface area is 146 Å². The third kappa shape index (κ3) is 3.73. The Kier molecular flexibility index (Phi) is 4.77. The highest BCUT2D eigenvalue weighted by molar-refractivity contribution is 6.31. The number of aromatic nitrogens is 1. The molecule has 0 saturated carbocycles. The molecule has 0 atom stereocenters. The molecule has 0 spiro atoms. The van der Waals surface area contributed by atoms with Gasteiger partial charge in [-0.2, -0.15) is 0 Å². The van der Waals surface area contributed by atoms with Crippen molar-refractivity contribution in [2.75, 3.05) is 4.90 Å². The van der Waals surface area contributed by atoms with Gasteiger partial charge in [0.2, 0.25) is 0 Å². The first-order valence-electron chi connectivity index (χ1n) is 7.53. The first-order valence-corrected chi connectivity index (χ1v) is 7.91. The zero-order valence-corrected chi connectivity index (χ0v) is 13.7. The number of hydrogen-bond donors (Lipinski definition) is 2. The summed E-state index contributed by atoms with van der Waals surface area (Å²) in [4.78, 5) is 6.23. The molecule has 1 aromatic heterocycles. The van der Waals surface area contributed by atoms with E-state index in [1.54, 1.807) is 17.0 Å². The molecule has 2 aromatic carbocycles.